The highest BCUT2D eigenvalue weighted by Crippen LogP contribution is 2.22. The molecule has 0 spiro atoms. The van der Waals surface area contributed by atoms with Crippen molar-refractivity contribution in [2.24, 2.45) is 11.8 Å². The Morgan fingerprint density at radius 1 is 0.638 bits per heavy atom. The molecule has 14 heteroatoms. The van der Waals surface area contributed by atoms with E-state index in [4.69, 9.17) is 14.2 Å². The van der Waals surface area contributed by atoms with E-state index in [9.17, 15) is 34.2 Å². The minimum Gasteiger partial charge on any atom is -0.508 e. The van der Waals surface area contributed by atoms with Crippen LogP contribution in [0.3, 0.4) is 0 Å². The number of phenols is 2. The quantitative estimate of drug-likeness (QED) is 0.141. The van der Waals surface area contributed by atoms with Crippen LogP contribution in [0.2, 0.25) is 0 Å². The standard InChI is InChI=1S/C44H60N4O10/c1-11-28(4)39(58-44(55)36(46(5)6)25-31-16-22-34(56-9)23-17-31)40(51)45-38(27(2)3)42(53)47(7)35(24-29-12-18-32(49)19-13-29)41(52)48(8)37(43(54)57-10)26-30-14-20-33(50)21-15-30/h12-23,27-28,35-39,49-50H,11,24-26H2,1-10H3,(H,45,51)/t28-,35+,36-,37-,38+,39-/m0/s1. The molecule has 3 amide bonds. The van der Waals surface area contributed by atoms with Crippen molar-refractivity contribution in [2.75, 3.05) is 42.4 Å². The van der Waals surface area contributed by atoms with Gasteiger partial charge in [-0.2, -0.15) is 0 Å². The predicted octanol–water partition coefficient (Wildman–Crippen LogP) is 3.99. The van der Waals surface area contributed by atoms with Crippen LogP contribution >= 0.6 is 0 Å². The molecule has 6 atom stereocenters. The van der Waals surface area contributed by atoms with Gasteiger partial charge in [-0.3, -0.25) is 24.1 Å². The Labute approximate surface area is 342 Å². The van der Waals surface area contributed by atoms with Gasteiger partial charge in [-0.05, 0) is 85.9 Å². The second-order valence-corrected chi connectivity index (χ2v) is 15.2. The molecule has 0 saturated heterocycles. The van der Waals surface area contributed by atoms with E-state index in [0.717, 1.165) is 5.56 Å². The predicted molar refractivity (Wildman–Crippen MR) is 219 cm³/mol. The second-order valence-electron chi connectivity index (χ2n) is 15.2. The van der Waals surface area contributed by atoms with Crippen LogP contribution in [0.25, 0.3) is 0 Å². The fraction of sp³-hybridized carbons (Fsp3) is 0.477. The van der Waals surface area contributed by atoms with E-state index in [-0.39, 0.29) is 24.3 Å². The van der Waals surface area contributed by atoms with E-state index in [1.54, 1.807) is 83.3 Å². The Kier molecular flexibility index (Phi) is 17.5. The lowest BCUT2D eigenvalue weighted by atomic mass is 9.96. The van der Waals surface area contributed by atoms with Gasteiger partial charge in [-0.15, -0.1) is 0 Å². The van der Waals surface area contributed by atoms with Crippen molar-refractivity contribution in [3.8, 4) is 17.2 Å². The van der Waals surface area contributed by atoms with Gasteiger partial charge in [-0.25, -0.2) is 4.79 Å². The number of nitrogens with zero attached hydrogens (tertiary/aromatic N) is 3. The molecule has 0 aliphatic heterocycles. The Morgan fingerprint density at radius 3 is 1.52 bits per heavy atom. The highest BCUT2D eigenvalue weighted by molar-refractivity contribution is 5.95. The van der Waals surface area contributed by atoms with Crippen LogP contribution < -0.4 is 10.1 Å². The van der Waals surface area contributed by atoms with Crippen molar-refractivity contribution >= 4 is 29.7 Å². The molecular weight excluding hydrogens is 745 g/mol. The van der Waals surface area contributed by atoms with E-state index < -0.39 is 71.8 Å². The summed E-state index contributed by atoms with van der Waals surface area (Å²) in [5.74, 6) is -3.22. The number of hydrogen-bond donors (Lipinski definition) is 3. The minimum atomic E-state index is -1.23. The third-order valence-electron chi connectivity index (χ3n) is 10.5. The number of esters is 2. The van der Waals surface area contributed by atoms with Crippen LogP contribution in [-0.2, 0) is 52.7 Å². The summed E-state index contributed by atoms with van der Waals surface area (Å²) in [6.45, 7) is 7.18. The molecule has 316 valence electrons. The third kappa shape index (κ3) is 12.7. The molecule has 3 rings (SSSR count). The van der Waals surface area contributed by atoms with Gasteiger partial charge in [-0.1, -0.05) is 64.1 Å². The van der Waals surface area contributed by atoms with Crippen LogP contribution in [-0.4, -0.2) is 127 Å². The zero-order valence-corrected chi connectivity index (χ0v) is 35.3. The lowest BCUT2D eigenvalue weighted by Gasteiger charge is -2.36. The highest BCUT2D eigenvalue weighted by atomic mass is 16.6. The normalized spacial score (nSPS) is 14.3. The summed E-state index contributed by atoms with van der Waals surface area (Å²) in [5, 5.41) is 22.6. The van der Waals surface area contributed by atoms with Gasteiger partial charge in [0.25, 0.3) is 5.91 Å². The first-order chi connectivity index (χ1) is 27.4. The van der Waals surface area contributed by atoms with Crippen LogP contribution in [0.1, 0.15) is 50.8 Å². The molecule has 14 nitrogen and oxygen atoms in total. The number of aromatic hydroxyl groups is 2. The largest absolute Gasteiger partial charge is 0.508 e. The highest BCUT2D eigenvalue weighted by Gasteiger charge is 2.40. The van der Waals surface area contributed by atoms with Gasteiger partial charge in [0.1, 0.15) is 41.4 Å². The Hall–Kier alpha value is -5.63. The van der Waals surface area contributed by atoms with Crippen LogP contribution in [0.5, 0.6) is 17.2 Å². The Balaban J connectivity index is 1.92. The fourth-order valence-electron chi connectivity index (χ4n) is 6.43. The molecule has 0 saturated carbocycles. The van der Waals surface area contributed by atoms with Gasteiger partial charge in [0.05, 0.1) is 14.2 Å². The Bertz CT molecular complexity index is 1820. The average Bonchev–Trinajstić information content (AvgIpc) is 3.21. The molecular formula is C44H60N4O10. The molecule has 58 heavy (non-hydrogen) atoms. The van der Waals surface area contributed by atoms with E-state index in [1.807, 2.05) is 19.1 Å². The monoisotopic (exact) mass is 804 g/mol. The lowest BCUT2D eigenvalue weighted by Crippen LogP contribution is -2.59. The topological polar surface area (TPSA) is 175 Å². The Morgan fingerprint density at radius 2 is 1.09 bits per heavy atom. The number of hydrogen-bond acceptors (Lipinski definition) is 11. The molecule has 0 aliphatic rings. The number of phenolic OH excluding ortho intramolecular Hbond substituents is 2. The third-order valence-corrected chi connectivity index (χ3v) is 10.5. The van der Waals surface area contributed by atoms with Crippen molar-refractivity contribution in [1.29, 1.82) is 0 Å². The second kappa shape index (κ2) is 21.8. The van der Waals surface area contributed by atoms with Crippen molar-refractivity contribution in [1.82, 2.24) is 20.0 Å². The van der Waals surface area contributed by atoms with Gasteiger partial charge >= 0.3 is 11.9 Å². The summed E-state index contributed by atoms with van der Waals surface area (Å²) in [6, 6.07) is 15.6. The van der Waals surface area contributed by atoms with E-state index in [1.165, 1.54) is 55.3 Å². The number of likely N-dealkylation sites (N-methyl/N-ethyl adjacent to an activating group) is 3. The smallest absolute Gasteiger partial charge is 0.328 e. The minimum absolute atomic E-state index is 0.00475. The molecule has 3 N–H and O–H groups in total. The van der Waals surface area contributed by atoms with E-state index in [2.05, 4.69) is 5.32 Å². The summed E-state index contributed by atoms with van der Waals surface area (Å²) in [7, 11) is 9.21. The van der Waals surface area contributed by atoms with E-state index in [0.29, 0.717) is 29.7 Å². The molecule has 3 aromatic carbocycles. The summed E-state index contributed by atoms with van der Waals surface area (Å²) < 4.78 is 16.3. The summed E-state index contributed by atoms with van der Waals surface area (Å²) in [4.78, 5) is 74.2. The molecule has 0 bridgehead atoms. The first kappa shape index (κ1) is 46.8. The van der Waals surface area contributed by atoms with Gasteiger partial charge in [0, 0.05) is 32.9 Å². The molecule has 0 aromatic heterocycles. The van der Waals surface area contributed by atoms with Crippen molar-refractivity contribution < 1.29 is 48.4 Å². The molecule has 3 aromatic rings. The number of carbonyl (C=O) groups excluding carboxylic acids is 5. The molecule has 0 fully saturated rings. The first-order valence-corrected chi connectivity index (χ1v) is 19.4. The SMILES string of the molecule is CC[C@H](C)[C@H](OC(=O)[C@H](Cc1ccc(OC)cc1)N(C)C)C(=O)N[C@@H](C(=O)N(C)[C@H](Cc1ccc(O)cc1)C(=O)N(C)[C@@H](Cc1ccc(O)cc1)C(=O)OC)C(C)C. The molecule has 0 heterocycles. The maximum atomic E-state index is 14.5. The number of ether oxygens (including phenoxy) is 3. The number of rotatable bonds is 20. The summed E-state index contributed by atoms with van der Waals surface area (Å²) in [6.07, 6.45) is -0.341. The molecule has 0 aliphatic carbocycles. The average molecular weight is 805 g/mol. The van der Waals surface area contributed by atoms with Crippen molar-refractivity contribution in [3.05, 3.63) is 89.5 Å². The number of amides is 3. The summed E-state index contributed by atoms with van der Waals surface area (Å²) >= 11 is 0. The molecule has 0 unspecified atom stereocenters. The van der Waals surface area contributed by atoms with Gasteiger partial charge in [0.2, 0.25) is 11.8 Å². The van der Waals surface area contributed by atoms with Gasteiger partial charge in [0.15, 0.2) is 6.10 Å². The lowest BCUT2D eigenvalue weighted by molar-refractivity contribution is -0.164. The molecule has 0 radical (unpaired) electrons. The zero-order valence-electron chi connectivity index (χ0n) is 35.3. The maximum absolute atomic E-state index is 14.5. The zero-order chi connectivity index (χ0) is 43.3. The van der Waals surface area contributed by atoms with Gasteiger partial charge < -0.3 is 39.5 Å². The van der Waals surface area contributed by atoms with E-state index >= 15 is 0 Å². The van der Waals surface area contributed by atoms with Crippen LogP contribution in [0.4, 0.5) is 0 Å². The van der Waals surface area contributed by atoms with Crippen molar-refractivity contribution in [3.63, 3.8) is 0 Å². The summed E-state index contributed by atoms with van der Waals surface area (Å²) in [5.41, 5.74) is 2.15. The number of carbonyl (C=O) groups is 5. The van der Waals surface area contributed by atoms with Crippen LogP contribution in [0, 0.1) is 11.8 Å². The number of benzene rings is 3. The van der Waals surface area contributed by atoms with Crippen molar-refractivity contribution in [2.45, 2.75) is 83.6 Å². The number of nitrogens with one attached hydrogen (secondary N) is 1. The fourth-order valence-corrected chi connectivity index (χ4v) is 6.43. The number of methoxy groups -OCH3 is 2. The first-order valence-electron chi connectivity index (χ1n) is 19.4. The van der Waals surface area contributed by atoms with Crippen LogP contribution in [0.15, 0.2) is 72.8 Å². The maximum Gasteiger partial charge on any atom is 0.328 e.